The van der Waals surface area contributed by atoms with E-state index in [-0.39, 0.29) is 4.90 Å². The van der Waals surface area contributed by atoms with E-state index in [1.54, 1.807) is 12.1 Å². The summed E-state index contributed by atoms with van der Waals surface area (Å²) < 4.78 is 23.5. The van der Waals surface area contributed by atoms with E-state index < -0.39 is 10.0 Å². The Labute approximate surface area is 99.0 Å². The van der Waals surface area contributed by atoms with Crippen molar-refractivity contribution >= 4 is 48.5 Å². The number of halogens is 2. The van der Waals surface area contributed by atoms with E-state index in [0.29, 0.717) is 4.47 Å². The predicted octanol–water partition coefficient (Wildman–Crippen LogP) is 2.01. The summed E-state index contributed by atoms with van der Waals surface area (Å²) in [5, 5.41) is 5.02. The van der Waals surface area contributed by atoms with Crippen LogP contribution in [0.25, 0.3) is 0 Å². The lowest BCUT2D eigenvalue weighted by Crippen LogP contribution is -2.13. The maximum Gasteiger partial charge on any atom is 0.239 e. The highest BCUT2D eigenvalue weighted by atomic mass is 127. The number of rotatable bonds is 1. The van der Waals surface area contributed by atoms with Gasteiger partial charge in [-0.15, -0.1) is 0 Å². The first-order chi connectivity index (χ1) is 5.82. The lowest BCUT2D eigenvalue weighted by Gasteiger charge is -2.04. The Morgan fingerprint density at radius 3 is 2.46 bits per heavy atom. The molecule has 0 aliphatic rings. The van der Waals surface area contributed by atoms with E-state index in [9.17, 15) is 8.42 Å². The molecule has 3 nitrogen and oxygen atoms in total. The number of hydrogen-bond acceptors (Lipinski definition) is 2. The maximum absolute atomic E-state index is 11.1. The van der Waals surface area contributed by atoms with Crippen molar-refractivity contribution in [2.75, 3.05) is 0 Å². The molecular weight excluding hydrogens is 369 g/mol. The van der Waals surface area contributed by atoms with E-state index >= 15 is 0 Å². The van der Waals surface area contributed by atoms with Crippen LogP contribution in [0.3, 0.4) is 0 Å². The van der Waals surface area contributed by atoms with Crippen LogP contribution >= 0.6 is 38.5 Å². The number of aryl methyl sites for hydroxylation is 1. The molecule has 0 radical (unpaired) electrons. The van der Waals surface area contributed by atoms with Crippen molar-refractivity contribution in [3.8, 4) is 0 Å². The quantitative estimate of drug-likeness (QED) is 0.763. The van der Waals surface area contributed by atoms with Gasteiger partial charge in [0, 0.05) is 8.04 Å². The van der Waals surface area contributed by atoms with Crippen LogP contribution in [0.4, 0.5) is 0 Å². The van der Waals surface area contributed by atoms with Crippen LogP contribution < -0.4 is 5.14 Å². The fourth-order valence-corrected chi connectivity index (χ4v) is 3.27. The first-order valence-corrected chi connectivity index (χ1v) is 6.72. The minimum absolute atomic E-state index is 0.127. The van der Waals surface area contributed by atoms with Crippen molar-refractivity contribution in [2.24, 2.45) is 5.14 Å². The van der Waals surface area contributed by atoms with Crippen molar-refractivity contribution in [2.45, 2.75) is 11.8 Å². The molecule has 0 aliphatic heterocycles. The smallest absolute Gasteiger partial charge is 0.225 e. The molecule has 0 spiro atoms. The molecule has 0 bridgehead atoms. The van der Waals surface area contributed by atoms with E-state index in [1.165, 1.54) is 0 Å². The topological polar surface area (TPSA) is 60.2 Å². The fraction of sp³-hybridized carbons (Fsp3) is 0.143. The zero-order chi connectivity index (χ0) is 10.2. The average Bonchev–Trinajstić information content (AvgIpc) is 1.94. The maximum atomic E-state index is 11.1. The van der Waals surface area contributed by atoms with Crippen molar-refractivity contribution in [3.63, 3.8) is 0 Å². The molecule has 0 saturated carbocycles. The molecule has 13 heavy (non-hydrogen) atoms. The van der Waals surface area contributed by atoms with Crippen LogP contribution in [0.15, 0.2) is 21.5 Å². The van der Waals surface area contributed by atoms with E-state index in [4.69, 9.17) is 5.14 Å². The number of hydrogen-bond donors (Lipinski definition) is 1. The number of primary sulfonamides is 1. The van der Waals surface area contributed by atoms with Gasteiger partial charge in [-0.25, -0.2) is 13.6 Å². The monoisotopic (exact) mass is 375 g/mol. The van der Waals surface area contributed by atoms with Crippen molar-refractivity contribution < 1.29 is 8.42 Å². The standard InChI is InChI=1S/C7H7BrINO2S/c1-4-2-5(8)7(3-6(4)9)13(10,11)12/h2-3H,1H3,(H2,10,11,12). The van der Waals surface area contributed by atoms with Crippen LogP contribution in [0.2, 0.25) is 0 Å². The zero-order valence-electron chi connectivity index (χ0n) is 6.71. The molecule has 0 aromatic heterocycles. The highest BCUT2D eigenvalue weighted by Gasteiger charge is 2.13. The Bertz CT molecular complexity index is 444. The van der Waals surface area contributed by atoms with Gasteiger partial charge < -0.3 is 0 Å². The van der Waals surface area contributed by atoms with Crippen LogP contribution in [-0.2, 0) is 10.0 Å². The van der Waals surface area contributed by atoms with E-state index in [0.717, 1.165) is 9.13 Å². The summed E-state index contributed by atoms with van der Waals surface area (Å²) in [6, 6.07) is 3.29. The molecule has 0 fully saturated rings. The molecule has 1 aromatic carbocycles. The lowest BCUT2D eigenvalue weighted by molar-refractivity contribution is 0.597. The Hall–Kier alpha value is 0.340. The zero-order valence-corrected chi connectivity index (χ0v) is 11.3. The number of sulfonamides is 1. The molecule has 0 atom stereocenters. The molecular formula is C7H7BrINO2S. The first kappa shape index (κ1) is 11.4. The Morgan fingerprint density at radius 1 is 1.46 bits per heavy atom. The molecule has 0 amide bonds. The third kappa shape index (κ3) is 2.64. The number of benzene rings is 1. The summed E-state index contributed by atoms with van der Waals surface area (Å²) in [5.74, 6) is 0. The van der Waals surface area contributed by atoms with Gasteiger partial charge in [0.15, 0.2) is 0 Å². The highest BCUT2D eigenvalue weighted by Crippen LogP contribution is 2.25. The van der Waals surface area contributed by atoms with Crippen LogP contribution in [-0.4, -0.2) is 8.42 Å². The molecule has 6 heteroatoms. The lowest BCUT2D eigenvalue weighted by atomic mass is 10.2. The Kier molecular flexibility index (Phi) is 3.37. The predicted molar refractivity (Wildman–Crippen MR) is 63.0 cm³/mol. The second kappa shape index (κ2) is 3.84. The minimum Gasteiger partial charge on any atom is -0.225 e. The summed E-state index contributed by atoms with van der Waals surface area (Å²) in [5.41, 5.74) is 1.01. The summed E-state index contributed by atoms with van der Waals surface area (Å²) in [6.07, 6.45) is 0. The highest BCUT2D eigenvalue weighted by molar-refractivity contribution is 14.1. The van der Waals surface area contributed by atoms with Crippen molar-refractivity contribution in [1.29, 1.82) is 0 Å². The minimum atomic E-state index is -3.62. The summed E-state index contributed by atoms with van der Waals surface area (Å²) in [7, 11) is -3.62. The van der Waals surface area contributed by atoms with Crippen molar-refractivity contribution in [1.82, 2.24) is 0 Å². The van der Waals surface area contributed by atoms with E-state index in [1.807, 2.05) is 6.92 Å². The molecule has 0 saturated heterocycles. The summed E-state index contributed by atoms with van der Waals surface area (Å²) in [6.45, 7) is 1.90. The molecule has 1 aromatic rings. The van der Waals surface area contributed by atoms with Gasteiger partial charge in [0.25, 0.3) is 0 Å². The largest absolute Gasteiger partial charge is 0.239 e. The van der Waals surface area contributed by atoms with Gasteiger partial charge in [0.1, 0.15) is 0 Å². The fourth-order valence-electron chi connectivity index (χ4n) is 0.846. The molecule has 72 valence electrons. The van der Waals surface area contributed by atoms with Crippen molar-refractivity contribution in [3.05, 3.63) is 25.7 Å². The Morgan fingerprint density at radius 2 is 2.00 bits per heavy atom. The van der Waals surface area contributed by atoms with Crippen LogP contribution in [0.1, 0.15) is 5.56 Å². The van der Waals surface area contributed by atoms with Gasteiger partial charge in [-0.3, -0.25) is 0 Å². The van der Waals surface area contributed by atoms with Gasteiger partial charge in [-0.05, 0) is 63.1 Å². The van der Waals surface area contributed by atoms with Gasteiger partial charge >= 0.3 is 0 Å². The van der Waals surface area contributed by atoms with Gasteiger partial charge in [-0.2, -0.15) is 0 Å². The normalized spacial score (nSPS) is 11.7. The third-order valence-corrected chi connectivity index (χ3v) is 4.55. The second-order valence-corrected chi connectivity index (χ2v) is 6.12. The summed E-state index contributed by atoms with van der Waals surface area (Å²) in [4.78, 5) is 0.127. The van der Waals surface area contributed by atoms with Gasteiger partial charge in [0.2, 0.25) is 10.0 Å². The van der Waals surface area contributed by atoms with Gasteiger partial charge in [0.05, 0.1) is 4.90 Å². The average molecular weight is 376 g/mol. The SMILES string of the molecule is Cc1cc(Br)c(S(N)(=O)=O)cc1I. The molecule has 0 aliphatic carbocycles. The number of nitrogens with two attached hydrogens (primary N) is 1. The summed E-state index contributed by atoms with van der Waals surface area (Å²) >= 11 is 5.22. The molecule has 2 N–H and O–H groups in total. The first-order valence-electron chi connectivity index (χ1n) is 3.31. The molecule has 1 rings (SSSR count). The van der Waals surface area contributed by atoms with Crippen LogP contribution in [0.5, 0.6) is 0 Å². The van der Waals surface area contributed by atoms with Gasteiger partial charge in [-0.1, -0.05) is 0 Å². The molecule has 0 unspecified atom stereocenters. The second-order valence-electron chi connectivity index (χ2n) is 2.58. The Balaban J connectivity index is 3.50. The third-order valence-electron chi connectivity index (χ3n) is 1.52. The van der Waals surface area contributed by atoms with Crippen LogP contribution in [0, 0.1) is 10.5 Å². The molecule has 0 heterocycles. The van der Waals surface area contributed by atoms with E-state index in [2.05, 4.69) is 38.5 Å².